The van der Waals surface area contributed by atoms with Gasteiger partial charge in [-0.05, 0) is 37.3 Å². The number of nitrogens with zero attached hydrogens (tertiary/aromatic N) is 1. The van der Waals surface area contributed by atoms with Gasteiger partial charge in [0.1, 0.15) is 0 Å². The van der Waals surface area contributed by atoms with Gasteiger partial charge in [0.25, 0.3) is 0 Å². The molecule has 20 heavy (non-hydrogen) atoms. The zero-order chi connectivity index (χ0) is 14.2. The van der Waals surface area contributed by atoms with E-state index >= 15 is 0 Å². The van der Waals surface area contributed by atoms with E-state index in [1.807, 2.05) is 6.92 Å². The van der Waals surface area contributed by atoms with E-state index in [9.17, 15) is 0 Å². The van der Waals surface area contributed by atoms with Crippen LogP contribution in [0.15, 0.2) is 29.6 Å². The van der Waals surface area contributed by atoms with Crippen LogP contribution in [0.1, 0.15) is 38.1 Å². The second kappa shape index (κ2) is 5.21. The molecule has 0 spiro atoms. The van der Waals surface area contributed by atoms with Crippen LogP contribution in [-0.4, -0.2) is 11.0 Å². The highest BCUT2D eigenvalue weighted by molar-refractivity contribution is 7.09. The van der Waals surface area contributed by atoms with Crippen molar-refractivity contribution in [1.29, 1.82) is 0 Å². The monoisotopic (exact) mass is 286 g/mol. The molecule has 1 aliphatic rings. The predicted octanol–water partition coefficient (Wildman–Crippen LogP) is 5.11. The lowest BCUT2D eigenvalue weighted by atomic mass is 9.87. The fraction of sp³-hybridized carbons (Fsp3) is 0.471. The highest BCUT2D eigenvalue weighted by Gasteiger charge is 2.34. The van der Waals surface area contributed by atoms with Gasteiger partial charge in [-0.2, -0.15) is 0 Å². The summed E-state index contributed by atoms with van der Waals surface area (Å²) < 4.78 is 0. The highest BCUT2D eigenvalue weighted by Crippen LogP contribution is 2.39. The van der Waals surface area contributed by atoms with Gasteiger partial charge >= 0.3 is 0 Å². The summed E-state index contributed by atoms with van der Waals surface area (Å²) in [6.07, 6.45) is 3.93. The number of benzene rings is 1. The summed E-state index contributed by atoms with van der Waals surface area (Å²) in [5.41, 5.74) is 3.91. The Bertz CT molecular complexity index is 583. The summed E-state index contributed by atoms with van der Waals surface area (Å²) in [5.74, 6) is 0. The molecule has 1 aromatic carbocycles. The van der Waals surface area contributed by atoms with Crippen molar-refractivity contribution in [3.63, 3.8) is 0 Å². The molecule has 0 aliphatic heterocycles. The van der Waals surface area contributed by atoms with Crippen molar-refractivity contribution < 1.29 is 0 Å². The maximum atomic E-state index is 4.54. The van der Waals surface area contributed by atoms with E-state index in [-0.39, 0.29) is 0 Å². The molecule has 0 amide bonds. The SMILES string of the molecule is Cc1nc(-c2ccc(NC3CCCC3(C)C)cc2)cs1. The molecule has 3 rings (SSSR count). The van der Waals surface area contributed by atoms with Crippen molar-refractivity contribution in [1.82, 2.24) is 4.98 Å². The molecule has 106 valence electrons. The summed E-state index contributed by atoms with van der Waals surface area (Å²) in [6, 6.07) is 9.28. The van der Waals surface area contributed by atoms with Gasteiger partial charge in [0.15, 0.2) is 0 Å². The molecule has 2 nitrogen and oxygen atoms in total. The van der Waals surface area contributed by atoms with Gasteiger partial charge in [0.05, 0.1) is 10.7 Å². The average molecular weight is 286 g/mol. The van der Waals surface area contributed by atoms with Gasteiger partial charge in [-0.3, -0.25) is 0 Å². The second-order valence-corrected chi connectivity index (χ2v) is 7.47. The lowest BCUT2D eigenvalue weighted by Gasteiger charge is -2.28. The smallest absolute Gasteiger partial charge is 0.0901 e. The lowest BCUT2D eigenvalue weighted by molar-refractivity contribution is 0.350. The number of rotatable bonds is 3. The Labute approximate surface area is 125 Å². The number of hydrogen-bond donors (Lipinski definition) is 1. The van der Waals surface area contributed by atoms with Gasteiger partial charge in [-0.1, -0.05) is 32.4 Å². The predicted molar refractivity (Wildman–Crippen MR) is 87.3 cm³/mol. The molecular formula is C17H22N2S. The van der Waals surface area contributed by atoms with Gasteiger partial charge in [0, 0.05) is 22.7 Å². The molecule has 3 heteroatoms. The van der Waals surface area contributed by atoms with Gasteiger partial charge in [-0.25, -0.2) is 4.98 Å². The van der Waals surface area contributed by atoms with Crippen LogP contribution < -0.4 is 5.32 Å². The topological polar surface area (TPSA) is 24.9 Å². The summed E-state index contributed by atoms with van der Waals surface area (Å²) in [5, 5.41) is 6.94. The first-order valence-electron chi connectivity index (χ1n) is 7.34. The van der Waals surface area contributed by atoms with E-state index in [0.29, 0.717) is 11.5 Å². The molecule has 1 fully saturated rings. The molecule has 1 unspecified atom stereocenters. The number of anilines is 1. The van der Waals surface area contributed by atoms with Crippen LogP contribution in [0.3, 0.4) is 0 Å². The Kier molecular flexibility index (Phi) is 3.55. The largest absolute Gasteiger partial charge is 0.382 e. The van der Waals surface area contributed by atoms with Crippen molar-refractivity contribution in [2.45, 2.75) is 46.1 Å². The highest BCUT2D eigenvalue weighted by atomic mass is 32.1. The molecule has 0 saturated heterocycles. The maximum Gasteiger partial charge on any atom is 0.0901 e. The molecule has 1 aromatic heterocycles. The summed E-state index contributed by atoms with van der Waals surface area (Å²) in [4.78, 5) is 4.54. The standard InChI is InChI=1S/C17H22N2S/c1-12-18-15(11-20-12)13-6-8-14(9-7-13)19-16-5-4-10-17(16,2)3/h6-9,11,16,19H,4-5,10H2,1-3H3. The number of hydrogen-bond acceptors (Lipinski definition) is 3. The van der Waals surface area contributed by atoms with Crippen LogP contribution >= 0.6 is 11.3 Å². The van der Waals surface area contributed by atoms with Crippen molar-refractivity contribution >= 4 is 17.0 Å². The van der Waals surface area contributed by atoms with Crippen molar-refractivity contribution in [2.75, 3.05) is 5.32 Å². The quantitative estimate of drug-likeness (QED) is 0.848. The Hall–Kier alpha value is -1.35. The van der Waals surface area contributed by atoms with Crippen LogP contribution in [0.2, 0.25) is 0 Å². The molecule has 1 atom stereocenters. The Balaban J connectivity index is 1.73. The van der Waals surface area contributed by atoms with E-state index < -0.39 is 0 Å². The van der Waals surface area contributed by atoms with Crippen LogP contribution in [0, 0.1) is 12.3 Å². The molecule has 1 aliphatic carbocycles. The summed E-state index contributed by atoms with van der Waals surface area (Å²) in [7, 11) is 0. The first kappa shape index (κ1) is 13.6. The molecule has 2 aromatic rings. The first-order chi connectivity index (χ1) is 9.54. The summed E-state index contributed by atoms with van der Waals surface area (Å²) >= 11 is 1.70. The van der Waals surface area contributed by atoms with Crippen LogP contribution in [0.5, 0.6) is 0 Å². The van der Waals surface area contributed by atoms with Gasteiger partial charge in [-0.15, -0.1) is 11.3 Å². The van der Waals surface area contributed by atoms with E-state index in [4.69, 9.17) is 0 Å². The Morgan fingerprint density at radius 3 is 2.55 bits per heavy atom. The first-order valence-corrected chi connectivity index (χ1v) is 8.22. The van der Waals surface area contributed by atoms with E-state index in [1.165, 1.54) is 30.5 Å². The van der Waals surface area contributed by atoms with Crippen molar-refractivity contribution in [3.05, 3.63) is 34.7 Å². The van der Waals surface area contributed by atoms with Crippen LogP contribution in [0.4, 0.5) is 5.69 Å². The maximum absolute atomic E-state index is 4.54. The Morgan fingerprint density at radius 2 is 2.00 bits per heavy atom. The minimum absolute atomic E-state index is 0.407. The number of aromatic nitrogens is 1. The molecule has 0 bridgehead atoms. The fourth-order valence-corrected chi connectivity index (χ4v) is 3.65. The number of aryl methyl sites for hydroxylation is 1. The van der Waals surface area contributed by atoms with Gasteiger partial charge < -0.3 is 5.32 Å². The third-order valence-corrected chi connectivity index (χ3v) is 5.17. The van der Waals surface area contributed by atoms with Crippen molar-refractivity contribution in [2.24, 2.45) is 5.41 Å². The second-order valence-electron chi connectivity index (χ2n) is 6.41. The Morgan fingerprint density at radius 1 is 1.25 bits per heavy atom. The zero-order valence-electron chi connectivity index (χ0n) is 12.4. The van der Waals surface area contributed by atoms with E-state index in [1.54, 1.807) is 11.3 Å². The van der Waals surface area contributed by atoms with E-state index in [0.717, 1.165) is 10.7 Å². The molecule has 0 radical (unpaired) electrons. The minimum atomic E-state index is 0.407. The minimum Gasteiger partial charge on any atom is -0.382 e. The summed E-state index contributed by atoms with van der Waals surface area (Å²) in [6.45, 7) is 6.78. The molecule has 1 saturated carbocycles. The van der Waals surface area contributed by atoms with Crippen LogP contribution in [0.25, 0.3) is 11.3 Å². The average Bonchev–Trinajstić information content (AvgIpc) is 2.97. The lowest BCUT2D eigenvalue weighted by Crippen LogP contribution is -2.30. The molecule has 1 heterocycles. The number of thiazole rings is 1. The number of nitrogens with one attached hydrogen (secondary N) is 1. The normalized spacial score (nSPS) is 21.1. The van der Waals surface area contributed by atoms with E-state index in [2.05, 4.69) is 53.8 Å². The fourth-order valence-electron chi connectivity index (χ4n) is 3.03. The van der Waals surface area contributed by atoms with Gasteiger partial charge in [0.2, 0.25) is 0 Å². The van der Waals surface area contributed by atoms with Crippen molar-refractivity contribution in [3.8, 4) is 11.3 Å². The third-order valence-electron chi connectivity index (χ3n) is 4.40. The van der Waals surface area contributed by atoms with Crippen LogP contribution in [-0.2, 0) is 0 Å². The molecular weight excluding hydrogens is 264 g/mol. The third kappa shape index (κ3) is 2.73. The zero-order valence-corrected chi connectivity index (χ0v) is 13.3. The molecule has 1 N–H and O–H groups in total.